The molecule has 1 fully saturated rings. The molecule has 0 radical (unpaired) electrons. The van der Waals surface area contributed by atoms with Crippen LogP contribution in [0, 0.1) is 11.6 Å². The van der Waals surface area contributed by atoms with Crippen LogP contribution in [0.15, 0.2) is 18.2 Å². The van der Waals surface area contributed by atoms with Crippen molar-refractivity contribution in [3.05, 3.63) is 35.4 Å². The van der Waals surface area contributed by atoms with Crippen LogP contribution in [0.4, 0.5) is 8.78 Å². The first-order chi connectivity index (χ1) is 9.22. The topological polar surface area (TPSA) is 49.4 Å². The molecule has 1 unspecified atom stereocenters. The number of nitrogens with one attached hydrogen (secondary N) is 1. The molecule has 2 amide bonds. The first-order valence-corrected chi connectivity index (χ1v) is 6.29. The maximum atomic E-state index is 13.7. The Morgan fingerprint density at radius 2 is 1.95 bits per heavy atom. The van der Waals surface area contributed by atoms with E-state index in [1.165, 1.54) is 4.90 Å². The number of nitrogens with zero attached hydrogens (tertiary/aromatic N) is 1. The number of carbonyl (C=O) groups excluding carboxylic acids is 2. The molecule has 1 aliphatic rings. The number of carbonyl (C=O) groups is 2. The van der Waals surface area contributed by atoms with E-state index in [1.807, 2.05) is 0 Å². The summed E-state index contributed by atoms with van der Waals surface area (Å²) in [5.41, 5.74) is -0.997. The van der Waals surface area contributed by atoms with Crippen LogP contribution in [0.1, 0.15) is 26.3 Å². The van der Waals surface area contributed by atoms with E-state index >= 15 is 0 Å². The average molecular weight is 282 g/mol. The molecule has 1 N–H and O–H groups in total. The highest BCUT2D eigenvalue weighted by Crippen LogP contribution is 2.21. The van der Waals surface area contributed by atoms with E-state index in [0.29, 0.717) is 0 Å². The Bertz CT molecular complexity index is 572. The van der Waals surface area contributed by atoms with Crippen LogP contribution in [0.3, 0.4) is 0 Å². The number of amides is 2. The van der Waals surface area contributed by atoms with Gasteiger partial charge < -0.3 is 10.2 Å². The van der Waals surface area contributed by atoms with Gasteiger partial charge in [-0.05, 0) is 39.0 Å². The van der Waals surface area contributed by atoms with Crippen molar-refractivity contribution in [1.82, 2.24) is 10.2 Å². The normalized spacial score (nSPS) is 21.9. The van der Waals surface area contributed by atoms with Crippen molar-refractivity contribution in [2.75, 3.05) is 0 Å². The highest BCUT2D eigenvalue weighted by atomic mass is 19.1. The van der Waals surface area contributed by atoms with Crippen LogP contribution >= 0.6 is 0 Å². The number of piperazine rings is 1. The minimum Gasteiger partial charge on any atom is -0.340 e. The highest BCUT2D eigenvalue weighted by molar-refractivity contribution is 5.99. The van der Waals surface area contributed by atoms with Crippen LogP contribution in [0.25, 0.3) is 0 Å². The van der Waals surface area contributed by atoms with Crippen molar-refractivity contribution < 1.29 is 18.4 Å². The molecular weight excluding hydrogens is 266 g/mol. The Kier molecular flexibility index (Phi) is 3.50. The zero-order valence-corrected chi connectivity index (χ0v) is 11.5. The van der Waals surface area contributed by atoms with Crippen molar-refractivity contribution in [3.8, 4) is 0 Å². The average Bonchev–Trinajstić information content (AvgIpc) is 2.36. The number of halogens is 2. The molecule has 108 valence electrons. The van der Waals surface area contributed by atoms with Gasteiger partial charge in [-0.3, -0.25) is 9.59 Å². The van der Waals surface area contributed by atoms with Gasteiger partial charge >= 0.3 is 0 Å². The Labute approximate surface area is 115 Å². The molecule has 6 heteroatoms. The van der Waals surface area contributed by atoms with E-state index in [1.54, 1.807) is 20.8 Å². The summed E-state index contributed by atoms with van der Waals surface area (Å²) in [4.78, 5) is 25.4. The van der Waals surface area contributed by atoms with Crippen molar-refractivity contribution in [3.63, 3.8) is 0 Å². The summed E-state index contributed by atoms with van der Waals surface area (Å²) in [6.07, 6.45) is 0. The molecule has 20 heavy (non-hydrogen) atoms. The third-order valence-electron chi connectivity index (χ3n) is 3.43. The Morgan fingerprint density at radius 1 is 1.30 bits per heavy atom. The van der Waals surface area contributed by atoms with Crippen LogP contribution in [0.5, 0.6) is 0 Å². The van der Waals surface area contributed by atoms with Crippen LogP contribution in [0.2, 0.25) is 0 Å². The van der Waals surface area contributed by atoms with E-state index in [4.69, 9.17) is 0 Å². The molecule has 4 nitrogen and oxygen atoms in total. The Hall–Kier alpha value is -1.98. The molecular formula is C14H16F2N2O2. The van der Waals surface area contributed by atoms with Gasteiger partial charge in [-0.15, -0.1) is 0 Å². The van der Waals surface area contributed by atoms with Gasteiger partial charge in [0.15, 0.2) is 0 Å². The monoisotopic (exact) mass is 282 g/mol. The molecule has 0 bridgehead atoms. The van der Waals surface area contributed by atoms with Gasteiger partial charge in [0.05, 0.1) is 0 Å². The summed E-state index contributed by atoms with van der Waals surface area (Å²) in [6, 6.07) is 2.33. The summed E-state index contributed by atoms with van der Waals surface area (Å²) >= 11 is 0. The molecule has 2 rings (SSSR count). The van der Waals surface area contributed by atoms with E-state index in [9.17, 15) is 18.4 Å². The Balaban J connectivity index is 2.32. The van der Waals surface area contributed by atoms with Gasteiger partial charge in [0.25, 0.3) is 0 Å². The van der Waals surface area contributed by atoms with Crippen molar-refractivity contribution >= 4 is 11.8 Å². The summed E-state index contributed by atoms with van der Waals surface area (Å²) in [5.74, 6) is -1.82. The Morgan fingerprint density at radius 3 is 2.60 bits per heavy atom. The number of benzene rings is 1. The molecule has 1 atom stereocenters. The lowest BCUT2D eigenvalue weighted by Crippen LogP contribution is -2.67. The smallest absolute Gasteiger partial charge is 0.248 e. The maximum absolute atomic E-state index is 13.7. The summed E-state index contributed by atoms with van der Waals surface area (Å²) in [5, 5.41) is 2.60. The standard InChI is InChI=1S/C14H16F2N2O2/c1-8-12(19)17-14(2,3)13(20)18(8)7-9-6-10(15)4-5-11(9)16/h4-6,8H,7H2,1-3H3,(H,17,19). The second-order valence-electron chi connectivity index (χ2n) is 5.46. The van der Waals surface area contributed by atoms with Gasteiger partial charge in [-0.25, -0.2) is 8.78 Å². The van der Waals surface area contributed by atoms with Gasteiger partial charge in [-0.1, -0.05) is 0 Å². The highest BCUT2D eigenvalue weighted by Gasteiger charge is 2.43. The summed E-state index contributed by atoms with van der Waals surface area (Å²) < 4.78 is 26.8. The molecule has 0 aliphatic carbocycles. The van der Waals surface area contributed by atoms with Crippen molar-refractivity contribution in [2.24, 2.45) is 0 Å². The van der Waals surface area contributed by atoms with Crippen molar-refractivity contribution in [1.29, 1.82) is 0 Å². The summed E-state index contributed by atoms with van der Waals surface area (Å²) in [6.45, 7) is 4.57. The first kappa shape index (κ1) is 14.4. The number of hydrogen-bond donors (Lipinski definition) is 1. The molecule has 1 aliphatic heterocycles. The lowest BCUT2D eigenvalue weighted by Gasteiger charge is -2.41. The van der Waals surface area contributed by atoms with E-state index < -0.39 is 23.2 Å². The van der Waals surface area contributed by atoms with Crippen LogP contribution < -0.4 is 5.32 Å². The van der Waals surface area contributed by atoms with E-state index in [-0.39, 0.29) is 23.9 Å². The molecule has 1 aromatic carbocycles. The first-order valence-electron chi connectivity index (χ1n) is 6.29. The van der Waals surface area contributed by atoms with Gasteiger partial charge in [0.1, 0.15) is 23.2 Å². The quantitative estimate of drug-likeness (QED) is 0.895. The molecule has 0 aromatic heterocycles. The minimum atomic E-state index is -1.05. The molecule has 0 saturated carbocycles. The maximum Gasteiger partial charge on any atom is 0.248 e. The number of hydrogen-bond acceptors (Lipinski definition) is 2. The fourth-order valence-corrected chi connectivity index (χ4v) is 2.20. The second kappa shape index (κ2) is 4.85. The zero-order chi connectivity index (χ0) is 15.1. The fourth-order valence-electron chi connectivity index (χ4n) is 2.20. The van der Waals surface area contributed by atoms with Gasteiger partial charge in [-0.2, -0.15) is 0 Å². The third-order valence-corrected chi connectivity index (χ3v) is 3.43. The number of rotatable bonds is 2. The fraction of sp³-hybridized carbons (Fsp3) is 0.429. The van der Waals surface area contributed by atoms with Crippen molar-refractivity contribution in [2.45, 2.75) is 38.9 Å². The second-order valence-corrected chi connectivity index (χ2v) is 5.46. The predicted molar refractivity (Wildman–Crippen MR) is 68.6 cm³/mol. The predicted octanol–water partition coefficient (Wildman–Crippen LogP) is 1.59. The minimum absolute atomic E-state index is 0.0516. The van der Waals surface area contributed by atoms with Crippen LogP contribution in [-0.2, 0) is 16.1 Å². The van der Waals surface area contributed by atoms with E-state index in [2.05, 4.69) is 5.32 Å². The SMILES string of the molecule is CC1C(=O)NC(C)(C)C(=O)N1Cc1cc(F)ccc1F. The molecule has 1 aromatic rings. The lowest BCUT2D eigenvalue weighted by atomic mass is 9.96. The summed E-state index contributed by atoms with van der Waals surface area (Å²) in [7, 11) is 0. The van der Waals surface area contributed by atoms with Gasteiger partial charge in [0.2, 0.25) is 11.8 Å². The third kappa shape index (κ3) is 2.50. The molecule has 1 heterocycles. The molecule has 1 saturated heterocycles. The largest absolute Gasteiger partial charge is 0.340 e. The zero-order valence-electron chi connectivity index (χ0n) is 11.5. The van der Waals surface area contributed by atoms with Crippen LogP contribution in [-0.4, -0.2) is 28.3 Å². The van der Waals surface area contributed by atoms with Gasteiger partial charge in [0, 0.05) is 12.1 Å². The molecule has 0 spiro atoms. The van der Waals surface area contributed by atoms with E-state index in [0.717, 1.165) is 18.2 Å². The lowest BCUT2D eigenvalue weighted by molar-refractivity contribution is -0.153.